The van der Waals surface area contributed by atoms with Crippen LogP contribution in [0.15, 0.2) is 30.9 Å². The van der Waals surface area contributed by atoms with Crippen molar-refractivity contribution in [1.29, 1.82) is 0 Å². The van der Waals surface area contributed by atoms with Crippen molar-refractivity contribution in [3.05, 3.63) is 36.5 Å². The predicted octanol–water partition coefficient (Wildman–Crippen LogP) is 3.70. The maximum atomic E-state index is 10.1. The first-order valence-corrected chi connectivity index (χ1v) is 9.38. The minimum absolute atomic E-state index is 0.637. The Hall–Kier alpha value is -2.34. The van der Waals surface area contributed by atoms with Crippen LogP contribution in [0, 0.1) is 5.92 Å². The van der Waals surface area contributed by atoms with E-state index in [4.69, 9.17) is 4.98 Å². The number of rotatable bonds is 4. The molecule has 6 heteroatoms. The Labute approximate surface area is 153 Å². The smallest absolute Gasteiger partial charge is 0.197 e. The van der Waals surface area contributed by atoms with E-state index >= 15 is 0 Å². The number of nitrogens with zero attached hydrogens (tertiary/aromatic N) is 5. The van der Waals surface area contributed by atoms with Crippen LogP contribution in [0.2, 0.25) is 0 Å². The van der Waals surface area contributed by atoms with Gasteiger partial charge in [0.15, 0.2) is 11.3 Å². The zero-order chi connectivity index (χ0) is 18.1. The lowest BCUT2D eigenvalue weighted by molar-refractivity contribution is 0.0739. The molecule has 1 aliphatic carbocycles. The van der Waals surface area contributed by atoms with Gasteiger partial charge in [0.25, 0.3) is 0 Å². The second-order valence-electron chi connectivity index (χ2n) is 7.79. The van der Waals surface area contributed by atoms with Crippen LogP contribution in [-0.4, -0.2) is 29.6 Å². The summed E-state index contributed by atoms with van der Waals surface area (Å²) in [5.41, 5.74) is 2.87. The molecule has 0 aliphatic heterocycles. The van der Waals surface area contributed by atoms with Gasteiger partial charge in [-0.3, -0.25) is 4.98 Å². The first kappa shape index (κ1) is 17.1. The summed E-state index contributed by atoms with van der Waals surface area (Å²) in [6, 6.07) is 3.76. The Bertz CT molecular complexity index is 889. The van der Waals surface area contributed by atoms with E-state index in [0.29, 0.717) is 17.3 Å². The third-order valence-electron chi connectivity index (χ3n) is 5.19. The van der Waals surface area contributed by atoms with E-state index in [-0.39, 0.29) is 0 Å². The highest BCUT2D eigenvalue weighted by atomic mass is 16.3. The van der Waals surface area contributed by atoms with Gasteiger partial charge in [-0.1, -0.05) is 19.3 Å². The van der Waals surface area contributed by atoms with E-state index < -0.39 is 5.60 Å². The molecule has 3 heterocycles. The SMILES string of the molecule is CC(C)(O)c1ccc(-c2cnc3ncn(CC4CCCCC4)c3n2)cn1. The molecule has 0 spiro atoms. The summed E-state index contributed by atoms with van der Waals surface area (Å²) in [5.74, 6) is 0.708. The van der Waals surface area contributed by atoms with Gasteiger partial charge in [-0.2, -0.15) is 0 Å². The second kappa shape index (κ2) is 6.76. The van der Waals surface area contributed by atoms with Crippen molar-refractivity contribution in [3.63, 3.8) is 0 Å². The zero-order valence-electron chi connectivity index (χ0n) is 15.4. The lowest BCUT2D eigenvalue weighted by Crippen LogP contribution is -2.17. The van der Waals surface area contributed by atoms with Gasteiger partial charge in [0.1, 0.15) is 5.60 Å². The molecule has 3 aromatic heterocycles. The van der Waals surface area contributed by atoms with E-state index in [9.17, 15) is 5.11 Å². The van der Waals surface area contributed by atoms with Crippen molar-refractivity contribution in [2.75, 3.05) is 0 Å². The summed E-state index contributed by atoms with van der Waals surface area (Å²) in [5, 5.41) is 10.1. The molecule has 1 saturated carbocycles. The maximum absolute atomic E-state index is 10.1. The van der Waals surface area contributed by atoms with Crippen LogP contribution in [0.3, 0.4) is 0 Å². The average molecular weight is 351 g/mol. The number of aromatic nitrogens is 5. The highest BCUT2D eigenvalue weighted by Crippen LogP contribution is 2.27. The fourth-order valence-corrected chi connectivity index (χ4v) is 3.66. The molecule has 0 amide bonds. The van der Waals surface area contributed by atoms with Gasteiger partial charge in [0.2, 0.25) is 0 Å². The van der Waals surface area contributed by atoms with Gasteiger partial charge in [-0.25, -0.2) is 15.0 Å². The predicted molar refractivity (Wildman–Crippen MR) is 100 cm³/mol. The van der Waals surface area contributed by atoms with Crippen LogP contribution in [0.5, 0.6) is 0 Å². The van der Waals surface area contributed by atoms with Crippen molar-refractivity contribution in [2.45, 2.75) is 58.1 Å². The van der Waals surface area contributed by atoms with E-state index in [2.05, 4.69) is 19.5 Å². The van der Waals surface area contributed by atoms with Crippen LogP contribution >= 0.6 is 0 Å². The quantitative estimate of drug-likeness (QED) is 0.775. The molecule has 0 unspecified atom stereocenters. The van der Waals surface area contributed by atoms with Crippen molar-refractivity contribution in [2.24, 2.45) is 5.92 Å². The Balaban J connectivity index is 1.63. The molecule has 1 aliphatic rings. The van der Waals surface area contributed by atoms with Crippen LogP contribution < -0.4 is 0 Å². The number of hydrogen-bond acceptors (Lipinski definition) is 5. The molecule has 0 bridgehead atoms. The van der Waals surface area contributed by atoms with Crippen LogP contribution in [0.25, 0.3) is 22.6 Å². The molecule has 1 N–H and O–H groups in total. The molecule has 26 heavy (non-hydrogen) atoms. The first-order chi connectivity index (χ1) is 12.5. The Morgan fingerprint density at radius 1 is 1.08 bits per heavy atom. The Kier molecular flexibility index (Phi) is 4.44. The van der Waals surface area contributed by atoms with Gasteiger partial charge < -0.3 is 9.67 Å². The number of hydrogen-bond donors (Lipinski definition) is 1. The monoisotopic (exact) mass is 351 g/mol. The molecule has 3 aromatic rings. The summed E-state index contributed by atoms with van der Waals surface area (Å²) >= 11 is 0. The van der Waals surface area contributed by atoms with E-state index in [1.165, 1.54) is 32.1 Å². The standard InChI is InChI=1S/C20H25N5O/c1-20(2,26)17-9-8-15(10-21-17)16-11-22-18-19(24-16)25(13-23-18)12-14-6-4-3-5-7-14/h8-11,13-14,26H,3-7,12H2,1-2H3. The topological polar surface area (TPSA) is 76.7 Å². The van der Waals surface area contributed by atoms with E-state index in [1.807, 2.05) is 18.5 Å². The Morgan fingerprint density at radius 3 is 2.58 bits per heavy atom. The molecule has 0 radical (unpaired) electrons. The summed E-state index contributed by atoms with van der Waals surface area (Å²) in [4.78, 5) is 18.0. The van der Waals surface area contributed by atoms with Crippen LogP contribution in [0.4, 0.5) is 0 Å². The van der Waals surface area contributed by atoms with Crippen molar-refractivity contribution in [1.82, 2.24) is 24.5 Å². The molecule has 6 nitrogen and oxygen atoms in total. The summed E-state index contributed by atoms with van der Waals surface area (Å²) < 4.78 is 2.14. The summed E-state index contributed by atoms with van der Waals surface area (Å²) in [6.07, 6.45) is 11.9. The molecule has 0 aromatic carbocycles. The van der Waals surface area contributed by atoms with E-state index in [1.54, 1.807) is 26.2 Å². The molecular weight excluding hydrogens is 326 g/mol. The number of pyridine rings is 1. The van der Waals surface area contributed by atoms with Gasteiger partial charge in [-0.15, -0.1) is 0 Å². The van der Waals surface area contributed by atoms with Crippen LogP contribution in [0.1, 0.15) is 51.6 Å². The fourth-order valence-electron chi connectivity index (χ4n) is 3.66. The average Bonchev–Trinajstić information content (AvgIpc) is 3.04. The molecule has 1 fully saturated rings. The number of fused-ring (bicyclic) bond motifs is 1. The highest BCUT2D eigenvalue weighted by Gasteiger charge is 2.18. The molecule has 0 atom stereocenters. The molecule has 0 saturated heterocycles. The summed E-state index contributed by atoms with van der Waals surface area (Å²) in [7, 11) is 0. The third kappa shape index (κ3) is 3.46. The number of aliphatic hydroxyl groups is 1. The fraction of sp³-hybridized carbons (Fsp3) is 0.500. The third-order valence-corrected chi connectivity index (χ3v) is 5.19. The van der Waals surface area contributed by atoms with Gasteiger partial charge in [0, 0.05) is 18.3 Å². The summed E-state index contributed by atoms with van der Waals surface area (Å²) in [6.45, 7) is 4.42. The largest absolute Gasteiger partial charge is 0.384 e. The minimum atomic E-state index is -0.952. The highest BCUT2D eigenvalue weighted by molar-refractivity contribution is 5.70. The lowest BCUT2D eigenvalue weighted by atomic mass is 9.89. The van der Waals surface area contributed by atoms with Gasteiger partial charge in [0.05, 0.1) is 23.9 Å². The van der Waals surface area contributed by atoms with Crippen molar-refractivity contribution in [3.8, 4) is 11.3 Å². The van der Waals surface area contributed by atoms with Crippen molar-refractivity contribution >= 4 is 11.3 Å². The van der Waals surface area contributed by atoms with Gasteiger partial charge in [-0.05, 0) is 44.7 Å². The Morgan fingerprint density at radius 2 is 1.88 bits per heavy atom. The van der Waals surface area contributed by atoms with E-state index in [0.717, 1.165) is 23.4 Å². The second-order valence-corrected chi connectivity index (χ2v) is 7.79. The first-order valence-electron chi connectivity index (χ1n) is 9.38. The lowest BCUT2D eigenvalue weighted by Gasteiger charge is -2.21. The van der Waals surface area contributed by atoms with Crippen LogP contribution in [-0.2, 0) is 12.1 Å². The van der Waals surface area contributed by atoms with Crippen molar-refractivity contribution < 1.29 is 5.11 Å². The number of imidazole rings is 1. The maximum Gasteiger partial charge on any atom is 0.197 e. The normalized spacial score (nSPS) is 16.3. The molecule has 4 rings (SSSR count). The molecular formula is C20H25N5O. The zero-order valence-corrected chi connectivity index (χ0v) is 15.4. The van der Waals surface area contributed by atoms with Gasteiger partial charge >= 0.3 is 0 Å². The molecule has 136 valence electrons. The minimum Gasteiger partial charge on any atom is -0.384 e.